The van der Waals surface area contributed by atoms with E-state index >= 15 is 0 Å². The van der Waals surface area contributed by atoms with Crippen LogP contribution < -0.4 is 5.32 Å². The third kappa shape index (κ3) is 4.56. The Morgan fingerprint density at radius 3 is 2.63 bits per heavy atom. The zero-order valence-corrected chi connectivity index (χ0v) is 17.0. The van der Waals surface area contributed by atoms with Crippen molar-refractivity contribution in [2.45, 2.75) is 44.3 Å². The molecule has 3 aromatic rings. The Kier molecular flexibility index (Phi) is 6.18. The van der Waals surface area contributed by atoms with Gasteiger partial charge in [0.05, 0.1) is 12.8 Å². The first kappa shape index (κ1) is 20.2. The lowest BCUT2D eigenvalue weighted by molar-refractivity contribution is -0.126. The zero-order chi connectivity index (χ0) is 20.9. The largest absolute Gasteiger partial charge is 0.467 e. The van der Waals surface area contributed by atoms with Crippen LogP contribution in [-0.4, -0.2) is 32.3 Å². The van der Waals surface area contributed by atoms with Gasteiger partial charge in [-0.05, 0) is 54.2 Å². The summed E-state index contributed by atoms with van der Waals surface area (Å²) in [4.78, 5) is 28.1. The number of halogens is 1. The van der Waals surface area contributed by atoms with Crippen molar-refractivity contribution >= 4 is 23.3 Å². The van der Waals surface area contributed by atoms with Crippen molar-refractivity contribution < 1.29 is 18.4 Å². The zero-order valence-electron chi connectivity index (χ0n) is 16.2. The molecule has 7 nitrogen and oxygen atoms in total. The van der Waals surface area contributed by atoms with Gasteiger partial charge >= 0.3 is 0 Å². The Morgan fingerprint density at radius 1 is 1.23 bits per heavy atom. The van der Waals surface area contributed by atoms with Gasteiger partial charge in [-0.15, -0.1) is 5.10 Å². The Morgan fingerprint density at radius 2 is 2.00 bits per heavy atom. The van der Waals surface area contributed by atoms with Gasteiger partial charge in [0.15, 0.2) is 5.69 Å². The van der Waals surface area contributed by atoms with Crippen molar-refractivity contribution in [2.75, 3.05) is 0 Å². The molecular weight excluding hydrogens is 407 g/mol. The van der Waals surface area contributed by atoms with Gasteiger partial charge in [0.1, 0.15) is 17.6 Å². The van der Waals surface area contributed by atoms with Gasteiger partial charge in [-0.2, -0.15) is 0 Å². The molecule has 1 aliphatic carbocycles. The van der Waals surface area contributed by atoms with Gasteiger partial charge in [-0.25, -0.2) is 4.39 Å². The topological polar surface area (TPSA) is 88.3 Å². The number of nitrogens with one attached hydrogen (secondary N) is 1. The summed E-state index contributed by atoms with van der Waals surface area (Å²) in [5.41, 5.74) is 0.655. The molecule has 2 heterocycles. The highest BCUT2D eigenvalue weighted by Gasteiger charge is 2.35. The lowest BCUT2D eigenvalue weighted by Gasteiger charge is -2.31. The van der Waals surface area contributed by atoms with Crippen LogP contribution in [0.2, 0.25) is 0 Å². The average Bonchev–Trinajstić information content (AvgIpc) is 3.52. The lowest BCUT2D eigenvalue weighted by atomic mass is 10.0. The first-order valence-corrected chi connectivity index (χ1v) is 10.6. The third-order valence-electron chi connectivity index (χ3n) is 5.19. The van der Waals surface area contributed by atoms with E-state index in [2.05, 4.69) is 14.9 Å². The molecule has 1 aliphatic rings. The number of carbonyl (C=O) groups excluding carboxylic acids is 2. The molecule has 9 heteroatoms. The number of hydrogen-bond donors (Lipinski definition) is 1. The maximum absolute atomic E-state index is 13.6. The SMILES string of the molecule is O=C(NC1CCCC1)C(c1ccc(F)cc1)N(Cc1ccco1)C(=O)c1csnn1. The Labute approximate surface area is 177 Å². The van der Waals surface area contributed by atoms with Gasteiger partial charge in [0.2, 0.25) is 5.91 Å². The highest BCUT2D eigenvalue weighted by atomic mass is 32.1. The van der Waals surface area contributed by atoms with Crippen LogP contribution in [-0.2, 0) is 11.3 Å². The van der Waals surface area contributed by atoms with Crippen molar-refractivity contribution in [3.63, 3.8) is 0 Å². The van der Waals surface area contributed by atoms with Crippen LogP contribution in [0.5, 0.6) is 0 Å². The Bertz CT molecular complexity index is 970. The van der Waals surface area contributed by atoms with E-state index in [4.69, 9.17) is 4.42 Å². The quantitative estimate of drug-likeness (QED) is 0.620. The van der Waals surface area contributed by atoms with Gasteiger partial charge < -0.3 is 14.6 Å². The number of rotatable bonds is 7. The molecular formula is C21H21FN4O3S. The fourth-order valence-electron chi connectivity index (χ4n) is 3.72. The molecule has 2 amide bonds. The number of amides is 2. The summed E-state index contributed by atoms with van der Waals surface area (Å²) in [5.74, 6) is -0.652. The Balaban J connectivity index is 1.71. The minimum Gasteiger partial charge on any atom is -0.467 e. The van der Waals surface area contributed by atoms with E-state index in [1.807, 2.05) is 0 Å². The summed E-state index contributed by atoms with van der Waals surface area (Å²) in [6.45, 7) is 0.0590. The second kappa shape index (κ2) is 9.17. The number of carbonyl (C=O) groups is 2. The molecule has 1 atom stereocenters. The molecule has 1 fully saturated rings. The van der Waals surface area contributed by atoms with Gasteiger partial charge in [0.25, 0.3) is 5.91 Å². The minimum absolute atomic E-state index is 0.0590. The summed E-state index contributed by atoms with van der Waals surface area (Å²) >= 11 is 1.06. The Hall–Kier alpha value is -3.07. The summed E-state index contributed by atoms with van der Waals surface area (Å²) in [7, 11) is 0. The van der Waals surface area contributed by atoms with Crippen LogP contribution in [0.15, 0.2) is 52.5 Å². The molecule has 1 saturated carbocycles. The second-order valence-corrected chi connectivity index (χ2v) is 7.86. The van der Waals surface area contributed by atoms with Crippen LogP contribution in [0.25, 0.3) is 0 Å². The van der Waals surface area contributed by atoms with Crippen molar-refractivity contribution in [1.82, 2.24) is 19.8 Å². The monoisotopic (exact) mass is 428 g/mol. The minimum atomic E-state index is -0.967. The predicted octanol–water partition coefficient (Wildman–Crippen LogP) is 3.71. The molecule has 1 unspecified atom stereocenters. The van der Waals surface area contributed by atoms with Crippen molar-refractivity contribution in [3.05, 3.63) is 70.9 Å². The molecule has 2 aromatic heterocycles. The maximum Gasteiger partial charge on any atom is 0.276 e. The van der Waals surface area contributed by atoms with Crippen LogP contribution in [0.3, 0.4) is 0 Å². The fourth-order valence-corrected chi connectivity index (χ4v) is 4.15. The summed E-state index contributed by atoms with van der Waals surface area (Å²) in [5, 5.41) is 8.47. The molecule has 1 N–H and O–H groups in total. The molecule has 30 heavy (non-hydrogen) atoms. The molecule has 0 radical (unpaired) electrons. The van der Waals surface area contributed by atoms with Gasteiger partial charge in [-0.1, -0.05) is 29.5 Å². The number of nitrogens with zero attached hydrogens (tertiary/aromatic N) is 3. The smallest absolute Gasteiger partial charge is 0.276 e. The van der Waals surface area contributed by atoms with Crippen LogP contribution >= 0.6 is 11.5 Å². The summed E-state index contributed by atoms with van der Waals surface area (Å²) in [6.07, 6.45) is 5.44. The van der Waals surface area contributed by atoms with E-state index in [-0.39, 0.29) is 24.2 Å². The van der Waals surface area contributed by atoms with Crippen LogP contribution in [0, 0.1) is 5.82 Å². The lowest BCUT2D eigenvalue weighted by Crippen LogP contribution is -2.46. The molecule has 4 rings (SSSR count). The molecule has 0 bridgehead atoms. The third-order valence-corrected chi connectivity index (χ3v) is 5.70. The van der Waals surface area contributed by atoms with Gasteiger partial charge in [-0.3, -0.25) is 9.59 Å². The van der Waals surface area contributed by atoms with E-state index < -0.39 is 17.8 Å². The average molecular weight is 428 g/mol. The summed E-state index contributed by atoms with van der Waals surface area (Å²) in [6, 6.07) is 8.17. The van der Waals surface area contributed by atoms with E-state index in [1.165, 1.54) is 40.8 Å². The first-order valence-electron chi connectivity index (χ1n) is 9.78. The van der Waals surface area contributed by atoms with E-state index in [0.29, 0.717) is 11.3 Å². The van der Waals surface area contributed by atoms with Crippen molar-refractivity contribution in [3.8, 4) is 0 Å². The predicted molar refractivity (Wildman–Crippen MR) is 108 cm³/mol. The highest BCUT2D eigenvalue weighted by molar-refractivity contribution is 7.03. The summed E-state index contributed by atoms with van der Waals surface area (Å²) < 4.78 is 22.7. The van der Waals surface area contributed by atoms with Crippen molar-refractivity contribution in [1.29, 1.82) is 0 Å². The molecule has 1 aromatic carbocycles. The fraction of sp³-hybridized carbons (Fsp3) is 0.333. The van der Waals surface area contributed by atoms with Crippen LogP contribution in [0.1, 0.15) is 53.5 Å². The van der Waals surface area contributed by atoms with Gasteiger partial charge in [0, 0.05) is 11.4 Å². The van der Waals surface area contributed by atoms with Crippen LogP contribution in [0.4, 0.5) is 4.39 Å². The number of hydrogen-bond acceptors (Lipinski definition) is 6. The van der Waals surface area contributed by atoms with E-state index in [1.54, 1.807) is 12.1 Å². The molecule has 0 spiro atoms. The molecule has 0 saturated heterocycles. The molecule has 0 aliphatic heterocycles. The van der Waals surface area contributed by atoms with Crippen molar-refractivity contribution in [2.24, 2.45) is 0 Å². The first-order chi connectivity index (χ1) is 14.6. The maximum atomic E-state index is 13.6. The van der Waals surface area contributed by atoms with E-state index in [9.17, 15) is 14.0 Å². The number of furan rings is 1. The molecule has 156 valence electrons. The normalized spacial score (nSPS) is 15.1. The number of benzene rings is 1. The second-order valence-electron chi connectivity index (χ2n) is 7.25. The standard InChI is InChI=1S/C21H21FN4O3S/c22-15-9-7-14(8-10-15)19(20(27)23-16-4-1-2-5-16)26(12-17-6-3-11-29-17)21(28)18-13-30-25-24-18/h3,6-11,13,16,19H,1-2,4-5,12H2,(H,23,27). The number of aromatic nitrogens is 2. The van der Waals surface area contributed by atoms with E-state index in [0.717, 1.165) is 37.2 Å². The highest BCUT2D eigenvalue weighted by Crippen LogP contribution is 2.27.